The quantitative estimate of drug-likeness (QED) is 0.829. The lowest BCUT2D eigenvalue weighted by Crippen LogP contribution is -2.09. The Morgan fingerprint density at radius 1 is 1.10 bits per heavy atom. The Morgan fingerprint density at radius 2 is 1.76 bits per heavy atom. The monoisotopic (exact) mass is 290 g/mol. The highest BCUT2D eigenvalue weighted by Gasteiger charge is 2.04. The van der Waals surface area contributed by atoms with Crippen molar-refractivity contribution in [2.75, 3.05) is 13.2 Å². The Morgan fingerprint density at radius 3 is 2.38 bits per heavy atom. The van der Waals surface area contributed by atoms with Gasteiger partial charge >= 0.3 is 5.97 Å². The molecule has 0 saturated carbocycles. The van der Waals surface area contributed by atoms with Gasteiger partial charge in [0.05, 0.1) is 5.56 Å². The number of ether oxygens (including phenoxy) is 2. The molecule has 0 unspecified atom stereocenters. The number of rotatable bonds is 6. The molecule has 110 valence electrons. The van der Waals surface area contributed by atoms with E-state index in [4.69, 9.17) is 14.6 Å². The zero-order valence-corrected chi connectivity index (χ0v) is 11.5. The molecule has 2 aromatic rings. The standard InChI is InChI=1S/C16H15FO4/c1-11-9-14(5-6-15(11)17)21-8-7-20-13-4-2-3-12(10-13)16(18)19/h2-6,9-10H,7-8H2,1H3,(H,18,19). The summed E-state index contributed by atoms with van der Waals surface area (Å²) in [6.07, 6.45) is 0. The van der Waals surface area contributed by atoms with Crippen LogP contribution in [-0.4, -0.2) is 24.3 Å². The molecule has 0 aliphatic carbocycles. The Hall–Kier alpha value is -2.56. The van der Waals surface area contributed by atoms with Gasteiger partial charge in [-0.3, -0.25) is 0 Å². The summed E-state index contributed by atoms with van der Waals surface area (Å²) in [6, 6.07) is 10.7. The van der Waals surface area contributed by atoms with E-state index in [2.05, 4.69) is 0 Å². The van der Waals surface area contributed by atoms with Gasteiger partial charge in [0.1, 0.15) is 30.5 Å². The molecule has 1 N–H and O–H groups in total. The summed E-state index contributed by atoms with van der Waals surface area (Å²) >= 11 is 0. The van der Waals surface area contributed by atoms with Crippen LogP contribution in [0.4, 0.5) is 4.39 Å². The molecule has 0 bridgehead atoms. The van der Waals surface area contributed by atoms with Crippen molar-refractivity contribution in [3.63, 3.8) is 0 Å². The maximum Gasteiger partial charge on any atom is 0.335 e. The van der Waals surface area contributed by atoms with Crippen LogP contribution < -0.4 is 9.47 Å². The van der Waals surface area contributed by atoms with Crippen molar-refractivity contribution in [2.24, 2.45) is 0 Å². The van der Waals surface area contributed by atoms with Crippen molar-refractivity contribution < 1.29 is 23.8 Å². The lowest BCUT2D eigenvalue weighted by atomic mass is 10.2. The maximum absolute atomic E-state index is 13.1. The molecule has 0 radical (unpaired) electrons. The predicted octanol–water partition coefficient (Wildman–Crippen LogP) is 3.29. The molecule has 2 rings (SSSR count). The van der Waals surface area contributed by atoms with Crippen LogP contribution in [0, 0.1) is 12.7 Å². The number of carboxylic acid groups (broad SMARTS) is 1. The number of benzene rings is 2. The Bertz CT molecular complexity index is 640. The molecule has 5 heteroatoms. The number of aromatic carboxylic acids is 1. The number of carbonyl (C=O) groups is 1. The van der Waals surface area contributed by atoms with E-state index in [0.717, 1.165) is 0 Å². The molecule has 0 amide bonds. The van der Waals surface area contributed by atoms with Crippen LogP contribution >= 0.6 is 0 Å². The largest absolute Gasteiger partial charge is 0.490 e. The highest BCUT2D eigenvalue weighted by Crippen LogP contribution is 2.16. The average Bonchev–Trinajstić information content (AvgIpc) is 2.47. The van der Waals surface area contributed by atoms with Crippen molar-refractivity contribution in [3.8, 4) is 11.5 Å². The first-order valence-electron chi connectivity index (χ1n) is 6.41. The van der Waals surface area contributed by atoms with E-state index >= 15 is 0 Å². The van der Waals surface area contributed by atoms with Gasteiger partial charge in [-0.25, -0.2) is 9.18 Å². The lowest BCUT2D eigenvalue weighted by molar-refractivity contribution is 0.0696. The predicted molar refractivity (Wildman–Crippen MR) is 75.5 cm³/mol. The molecule has 0 heterocycles. The smallest absolute Gasteiger partial charge is 0.335 e. The normalized spacial score (nSPS) is 10.2. The number of hydrogen-bond donors (Lipinski definition) is 1. The van der Waals surface area contributed by atoms with Gasteiger partial charge in [-0.2, -0.15) is 0 Å². The van der Waals surface area contributed by atoms with Crippen molar-refractivity contribution in [1.82, 2.24) is 0 Å². The minimum atomic E-state index is -1.00. The van der Waals surface area contributed by atoms with E-state index in [1.54, 1.807) is 31.2 Å². The van der Waals surface area contributed by atoms with Gasteiger partial charge < -0.3 is 14.6 Å². The number of carboxylic acids is 1. The lowest BCUT2D eigenvalue weighted by Gasteiger charge is -2.09. The van der Waals surface area contributed by atoms with Crippen LogP contribution in [0.15, 0.2) is 42.5 Å². The summed E-state index contributed by atoms with van der Waals surface area (Å²) in [4.78, 5) is 10.8. The van der Waals surface area contributed by atoms with E-state index in [1.165, 1.54) is 18.2 Å². The Kier molecular flexibility index (Phi) is 4.77. The van der Waals surface area contributed by atoms with Gasteiger partial charge in [0.25, 0.3) is 0 Å². The van der Waals surface area contributed by atoms with Crippen molar-refractivity contribution in [3.05, 3.63) is 59.4 Å². The molecule has 0 aromatic heterocycles. The van der Waals surface area contributed by atoms with Crippen LogP contribution in [0.25, 0.3) is 0 Å². The third-order valence-corrected chi connectivity index (χ3v) is 2.83. The molecule has 0 spiro atoms. The third kappa shape index (κ3) is 4.21. The summed E-state index contributed by atoms with van der Waals surface area (Å²) in [7, 11) is 0. The fourth-order valence-corrected chi connectivity index (χ4v) is 1.74. The van der Waals surface area contributed by atoms with E-state index < -0.39 is 5.97 Å². The van der Waals surface area contributed by atoms with Gasteiger partial charge in [0.15, 0.2) is 0 Å². The molecule has 0 saturated heterocycles. The summed E-state index contributed by atoms with van der Waals surface area (Å²) in [5.41, 5.74) is 0.685. The highest BCUT2D eigenvalue weighted by molar-refractivity contribution is 5.87. The minimum absolute atomic E-state index is 0.169. The highest BCUT2D eigenvalue weighted by atomic mass is 19.1. The molecule has 0 fully saturated rings. The van der Waals surface area contributed by atoms with Crippen LogP contribution in [0.2, 0.25) is 0 Å². The van der Waals surface area contributed by atoms with Gasteiger partial charge in [-0.1, -0.05) is 6.07 Å². The molecule has 0 atom stereocenters. The zero-order chi connectivity index (χ0) is 15.2. The molecule has 4 nitrogen and oxygen atoms in total. The maximum atomic E-state index is 13.1. The van der Waals surface area contributed by atoms with E-state index in [1.807, 2.05) is 0 Å². The van der Waals surface area contributed by atoms with E-state index in [9.17, 15) is 9.18 Å². The van der Waals surface area contributed by atoms with Crippen molar-refractivity contribution >= 4 is 5.97 Å². The van der Waals surface area contributed by atoms with E-state index in [-0.39, 0.29) is 24.6 Å². The minimum Gasteiger partial charge on any atom is -0.490 e. The van der Waals surface area contributed by atoms with Crippen LogP contribution in [-0.2, 0) is 0 Å². The Labute approximate surface area is 121 Å². The topological polar surface area (TPSA) is 55.8 Å². The first-order valence-corrected chi connectivity index (χ1v) is 6.41. The van der Waals surface area contributed by atoms with Crippen LogP contribution in [0.3, 0.4) is 0 Å². The summed E-state index contributed by atoms with van der Waals surface area (Å²) in [6.45, 7) is 2.21. The van der Waals surface area contributed by atoms with Gasteiger partial charge in [0.2, 0.25) is 0 Å². The first-order chi connectivity index (χ1) is 10.1. The SMILES string of the molecule is Cc1cc(OCCOc2cccc(C(=O)O)c2)ccc1F. The summed E-state index contributed by atoms with van der Waals surface area (Å²) in [5.74, 6) is -0.242. The van der Waals surface area contributed by atoms with Crippen LogP contribution in [0.5, 0.6) is 11.5 Å². The molecule has 0 aliphatic heterocycles. The zero-order valence-electron chi connectivity index (χ0n) is 11.5. The van der Waals surface area contributed by atoms with Crippen molar-refractivity contribution in [1.29, 1.82) is 0 Å². The van der Waals surface area contributed by atoms with E-state index in [0.29, 0.717) is 17.1 Å². The van der Waals surface area contributed by atoms with Crippen LogP contribution in [0.1, 0.15) is 15.9 Å². The second-order valence-corrected chi connectivity index (χ2v) is 4.44. The first kappa shape index (κ1) is 14.8. The van der Waals surface area contributed by atoms with Gasteiger partial charge in [-0.15, -0.1) is 0 Å². The Balaban J connectivity index is 1.83. The third-order valence-electron chi connectivity index (χ3n) is 2.83. The summed E-state index contributed by atoms with van der Waals surface area (Å²) < 4.78 is 23.9. The van der Waals surface area contributed by atoms with Gasteiger partial charge in [-0.05, 0) is 48.9 Å². The molecular weight excluding hydrogens is 275 g/mol. The second-order valence-electron chi connectivity index (χ2n) is 4.44. The molecular formula is C16H15FO4. The van der Waals surface area contributed by atoms with Crippen molar-refractivity contribution in [2.45, 2.75) is 6.92 Å². The number of aryl methyl sites for hydroxylation is 1. The number of halogens is 1. The second kappa shape index (κ2) is 6.74. The fraction of sp³-hybridized carbons (Fsp3) is 0.188. The molecule has 21 heavy (non-hydrogen) atoms. The molecule has 0 aliphatic rings. The van der Waals surface area contributed by atoms with Gasteiger partial charge in [0, 0.05) is 0 Å². The number of hydrogen-bond acceptors (Lipinski definition) is 3. The average molecular weight is 290 g/mol. The summed E-state index contributed by atoms with van der Waals surface area (Å²) in [5, 5.41) is 8.87. The molecule has 2 aromatic carbocycles. The fourth-order valence-electron chi connectivity index (χ4n) is 1.74.